The van der Waals surface area contributed by atoms with Crippen molar-refractivity contribution in [3.63, 3.8) is 0 Å². The summed E-state index contributed by atoms with van der Waals surface area (Å²) in [5.41, 5.74) is 1.96. The number of nitrogens with zero attached hydrogens (tertiary/aromatic N) is 1. The van der Waals surface area contributed by atoms with Crippen molar-refractivity contribution >= 4 is 22.6 Å². The van der Waals surface area contributed by atoms with Gasteiger partial charge in [0.05, 0.1) is 23.1 Å². The molecule has 2 aromatic rings. The van der Waals surface area contributed by atoms with Crippen LogP contribution in [0.3, 0.4) is 0 Å². The van der Waals surface area contributed by atoms with Crippen LogP contribution in [0, 0.1) is 12.3 Å². The number of imidazole rings is 1. The SMILES string of the molecule is Cc1nc2ccc(NC(=O)C3(CO)CCC3)cc2[nH]1. The Balaban J connectivity index is 1.82. The summed E-state index contributed by atoms with van der Waals surface area (Å²) in [5.74, 6) is 0.765. The van der Waals surface area contributed by atoms with Crippen molar-refractivity contribution in [3.8, 4) is 0 Å². The van der Waals surface area contributed by atoms with E-state index in [1.54, 1.807) is 0 Å². The third-order valence-corrected chi connectivity index (χ3v) is 3.95. The molecule has 0 spiro atoms. The fourth-order valence-corrected chi connectivity index (χ4v) is 2.54. The van der Waals surface area contributed by atoms with Gasteiger partial charge in [-0.1, -0.05) is 6.42 Å². The van der Waals surface area contributed by atoms with Crippen LogP contribution in [0.1, 0.15) is 25.1 Å². The van der Waals surface area contributed by atoms with E-state index in [0.717, 1.165) is 41.8 Å². The number of hydrogen-bond donors (Lipinski definition) is 3. The van der Waals surface area contributed by atoms with Gasteiger partial charge in [-0.05, 0) is 38.0 Å². The fraction of sp³-hybridized carbons (Fsp3) is 0.429. The fourth-order valence-electron chi connectivity index (χ4n) is 2.54. The zero-order valence-corrected chi connectivity index (χ0v) is 10.9. The zero-order valence-electron chi connectivity index (χ0n) is 10.9. The van der Waals surface area contributed by atoms with Gasteiger partial charge in [-0.25, -0.2) is 4.98 Å². The number of H-pyrrole nitrogens is 1. The molecule has 0 aliphatic heterocycles. The molecule has 1 aliphatic carbocycles. The highest BCUT2D eigenvalue weighted by Gasteiger charge is 2.43. The van der Waals surface area contributed by atoms with Crippen molar-refractivity contribution in [2.45, 2.75) is 26.2 Å². The number of amides is 1. The molecule has 3 rings (SSSR count). The second-order valence-electron chi connectivity index (χ2n) is 5.30. The van der Waals surface area contributed by atoms with E-state index >= 15 is 0 Å². The second-order valence-corrected chi connectivity index (χ2v) is 5.30. The number of aliphatic hydroxyl groups excluding tert-OH is 1. The van der Waals surface area contributed by atoms with Gasteiger partial charge in [-0.3, -0.25) is 4.79 Å². The summed E-state index contributed by atoms with van der Waals surface area (Å²) < 4.78 is 0. The number of aliphatic hydroxyl groups is 1. The Labute approximate surface area is 111 Å². The second kappa shape index (κ2) is 4.35. The molecular weight excluding hydrogens is 242 g/mol. The first-order valence-corrected chi connectivity index (χ1v) is 6.52. The lowest BCUT2D eigenvalue weighted by Crippen LogP contribution is -2.44. The van der Waals surface area contributed by atoms with Crippen molar-refractivity contribution < 1.29 is 9.90 Å². The summed E-state index contributed by atoms with van der Waals surface area (Å²) >= 11 is 0. The van der Waals surface area contributed by atoms with E-state index in [2.05, 4.69) is 15.3 Å². The van der Waals surface area contributed by atoms with Crippen LogP contribution in [0.25, 0.3) is 11.0 Å². The van der Waals surface area contributed by atoms with Crippen LogP contribution in [0.15, 0.2) is 18.2 Å². The molecule has 0 bridgehead atoms. The molecule has 0 saturated heterocycles. The van der Waals surface area contributed by atoms with Gasteiger partial charge in [0.1, 0.15) is 5.82 Å². The van der Waals surface area contributed by atoms with Crippen LogP contribution in [-0.4, -0.2) is 27.6 Å². The number of fused-ring (bicyclic) bond motifs is 1. The standard InChI is InChI=1S/C14H17N3O2/c1-9-15-11-4-3-10(7-12(11)16-9)17-13(19)14(8-18)5-2-6-14/h3-4,7,18H,2,5-6,8H2,1H3,(H,15,16)(H,17,19). The van der Waals surface area contributed by atoms with Crippen LogP contribution in [0.2, 0.25) is 0 Å². The van der Waals surface area contributed by atoms with Crippen LogP contribution >= 0.6 is 0 Å². The third kappa shape index (κ3) is 2.00. The minimum atomic E-state index is -0.571. The van der Waals surface area contributed by atoms with Crippen molar-refractivity contribution in [2.24, 2.45) is 5.41 Å². The minimum absolute atomic E-state index is 0.0791. The first kappa shape index (κ1) is 12.2. The Hall–Kier alpha value is -1.88. The van der Waals surface area contributed by atoms with E-state index in [0.29, 0.717) is 0 Å². The maximum absolute atomic E-state index is 12.2. The Morgan fingerprint density at radius 2 is 2.32 bits per heavy atom. The number of carbonyl (C=O) groups is 1. The normalized spacial score (nSPS) is 17.2. The number of carbonyl (C=O) groups excluding carboxylic acids is 1. The summed E-state index contributed by atoms with van der Waals surface area (Å²) in [6.07, 6.45) is 2.54. The van der Waals surface area contributed by atoms with Gasteiger partial charge >= 0.3 is 0 Å². The molecule has 1 fully saturated rings. The number of aromatic amines is 1. The zero-order chi connectivity index (χ0) is 13.5. The van der Waals surface area contributed by atoms with E-state index in [-0.39, 0.29) is 12.5 Å². The monoisotopic (exact) mass is 259 g/mol. The molecular formula is C14H17N3O2. The number of aromatic nitrogens is 2. The number of anilines is 1. The summed E-state index contributed by atoms with van der Waals surface area (Å²) in [4.78, 5) is 19.7. The maximum atomic E-state index is 12.2. The molecule has 5 heteroatoms. The van der Waals surface area contributed by atoms with Crippen LogP contribution in [0.5, 0.6) is 0 Å². The van der Waals surface area contributed by atoms with E-state index in [4.69, 9.17) is 0 Å². The lowest BCUT2D eigenvalue weighted by atomic mass is 9.68. The molecule has 19 heavy (non-hydrogen) atoms. The molecule has 1 saturated carbocycles. The Kier molecular flexibility index (Phi) is 2.78. The van der Waals surface area contributed by atoms with Crippen LogP contribution in [0.4, 0.5) is 5.69 Å². The lowest BCUT2D eigenvalue weighted by molar-refractivity contribution is -0.133. The van der Waals surface area contributed by atoms with Gasteiger partial charge in [-0.15, -0.1) is 0 Å². The molecule has 1 amide bonds. The number of nitrogens with one attached hydrogen (secondary N) is 2. The highest BCUT2D eigenvalue weighted by Crippen LogP contribution is 2.41. The smallest absolute Gasteiger partial charge is 0.232 e. The first-order chi connectivity index (χ1) is 9.13. The van der Waals surface area contributed by atoms with Gasteiger partial charge in [0.25, 0.3) is 0 Å². The average molecular weight is 259 g/mol. The minimum Gasteiger partial charge on any atom is -0.395 e. The van der Waals surface area contributed by atoms with Crippen molar-refractivity contribution in [1.29, 1.82) is 0 Å². The molecule has 0 atom stereocenters. The summed E-state index contributed by atoms with van der Waals surface area (Å²) in [6.45, 7) is 1.82. The molecule has 3 N–H and O–H groups in total. The average Bonchev–Trinajstić information content (AvgIpc) is 2.67. The molecule has 1 aliphatic rings. The lowest BCUT2D eigenvalue weighted by Gasteiger charge is -2.38. The number of rotatable bonds is 3. The third-order valence-electron chi connectivity index (χ3n) is 3.95. The molecule has 100 valence electrons. The van der Waals surface area contributed by atoms with Crippen molar-refractivity contribution in [3.05, 3.63) is 24.0 Å². The Morgan fingerprint density at radius 1 is 1.53 bits per heavy atom. The summed E-state index contributed by atoms with van der Waals surface area (Å²) in [7, 11) is 0. The van der Waals surface area contributed by atoms with E-state index in [9.17, 15) is 9.90 Å². The molecule has 0 radical (unpaired) electrons. The largest absolute Gasteiger partial charge is 0.395 e. The van der Waals surface area contributed by atoms with Crippen molar-refractivity contribution in [2.75, 3.05) is 11.9 Å². The molecule has 1 aromatic heterocycles. The quantitative estimate of drug-likeness (QED) is 0.788. The van der Waals surface area contributed by atoms with Crippen molar-refractivity contribution in [1.82, 2.24) is 9.97 Å². The number of hydrogen-bond acceptors (Lipinski definition) is 3. The van der Waals surface area contributed by atoms with Gasteiger partial charge in [0, 0.05) is 5.69 Å². The Bertz CT molecular complexity index is 623. The predicted molar refractivity (Wildman–Crippen MR) is 72.8 cm³/mol. The van der Waals surface area contributed by atoms with E-state index in [1.165, 1.54) is 0 Å². The highest BCUT2D eigenvalue weighted by atomic mass is 16.3. The topological polar surface area (TPSA) is 78.0 Å². The van der Waals surface area contributed by atoms with Gasteiger partial charge in [-0.2, -0.15) is 0 Å². The van der Waals surface area contributed by atoms with Crippen LogP contribution < -0.4 is 5.32 Å². The first-order valence-electron chi connectivity index (χ1n) is 6.52. The van der Waals surface area contributed by atoms with Gasteiger partial charge in [0.2, 0.25) is 5.91 Å². The van der Waals surface area contributed by atoms with Crippen LogP contribution in [-0.2, 0) is 4.79 Å². The highest BCUT2D eigenvalue weighted by molar-refractivity contribution is 5.97. The van der Waals surface area contributed by atoms with Gasteiger partial charge in [0.15, 0.2) is 0 Å². The molecule has 1 heterocycles. The molecule has 0 unspecified atom stereocenters. The predicted octanol–water partition coefficient (Wildman–Crippen LogP) is 1.97. The maximum Gasteiger partial charge on any atom is 0.232 e. The number of aryl methyl sites for hydroxylation is 1. The van der Waals surface area contributed by atoms with Gasteiger partial charge < -0.3 is 15.4 Å². The summed E-state index contributed by atoms with van der Waals surface area (Å²) in [5, 5.41) is 12.3. The Morgan fingerprint density at radius 3 is 2.95 bits per heavy atom. The number of benzene rings is 1. The summed E-state index contributed by atoms with van der Waals surface area (Å²) in [6, 6.07) is 5.59. The molecule has 1 aromatic carbocycles. The van der Waals surface area contributed by atoms with E-state index in [1.807, 2.05) is 25.1 Å². The van der Waals surface area contributed by atoms with E-state index < -0.39 is 5.41 Å². The molecule has 5 nitrogen and oxygen atoms in total.